The average Bonchev–Trinajstić information content (AvgIpc) is 1.63. The first kappa shape index (κ1) is 80.1. The Labute approximate surface area is 684 Å². The van der Waals surface area contributed by atoms with E-state index in [-0.39, 0.29) is 0 Å². The quantitative estimate of drug-likeness (QED) is 0.0275. The fourth-order valence-electron chi connectivity index (χ4n) is 14.7. The highest BCUT2D eigenvalue weighted by atomic mass is 32.1. The molecule has 5 radical (unpaired) electrons. The molecule has 0 spiro atoms. The highest BCUT2D eigenvalue weighted by Crippen LogP contribution is 2.54. The van der Waals surface area contributed by atoms with Gasteiger partial charge in [0, 0.05) is 112 Å². The van der Waals surface area contributed by atoms with Crippen LogP contribution in [0.1, 0.15) is 256 Å². The molecule has 557 valence electrons. The van der Waals surface area contributed by atoms with Crippen LogP contribution in [0.3, 0.4) is 0 Å². The van der Waals surface area contributed by atoms with Crippen LogP contribution in [-0.2, 0) is 44.9 Å². The van der Waals surface area contributed by atoms with Crippen molar-refractivity contribution in [1.29, 1.82) is 0 Å². The number of unbranched alkanes of at least 4 members (excludes halogenated alkanes) is 18. The highest BCUT2D eigenvalue weighted by molar-refractivity contribution is 7.33. The molecule has 106 heavy (non-hydrogen) atoms. The molecule has 1 saturated carbocycles. The lowest BCUT2D eigenvalue weighted by Crippen LogP contribution is -1.92. The van der Waals surface area contributed by atoms with Gasteiger partial charge in [-0.3, -0.25) is 4.79 Å². The van der Waals surface area contributed by atoms with Gasteiger partial charge in [-0.1, -0.05) is 157 Å². The standard InChI is InChI=1S/C93H107OS12/c1-7-13-19-25-37-64-56-70(43-33-36-63-34-31-32-35-63)95-88(64)78-50-44-72(97-78)74-46-52-80(99-74)90-66(39-27-21-15-9-3)58-84(103-90)86-60-68(41-29-23-17-11-5)92(105-86)82-54-48-76(101-82)77-49-55-83(102-77)93-69(42-30-24-18-12-6)61-87(106-93)85-59-67(40-28-22-16-10-4)91(104-85)81-53-47-75(100-81)73-45-51-79(98-73)89-65(38-26-20-14-8-2)57-71(62-94)96-89/h31-32,34-35,44-62H,7-30,33,36-43H2,1-6H3. The lowest BCUT2D eigenvalue weighted by molar-refractivity contribution is 0.112. The third-order valence-electron chi connectivity index (χ3n) is 20.7. The molecule has 13 rings (SSSR count). The molecule has 12 aromatic rings. The van der Waals surface area contributed by atoms with Gasteiger partial charge in [-0.2, -0.15) is 0 Å². The second kappa shape index (κ2) is 41.0. The number of aldehydes is 1. The number of hydrogen-bond acceptors (Lipinski definition) is 13. The van der Waals surface area contributed by atoms with Gasteiger partial charge in [0.2, 0.25) is 0 Å². The van der Waals surface area contributed by atoms with Crippen molar-refractivity contribution in [2.24, 2.45) is 0 Å². The zero-order chi connectivity index (χ0) is 73.0. The van der Waals surface area contributed by atoms with Gasteiger partial charge in [-0.25, -0.2) is 0 Å². The molecule has 0 aromatic carbocycles. The first-order valence-corrected chi connectivity index (χ1v) is 50.0. The van der Waals surface area contributed by atoms with E-state index in [1.807, 2.05) is 90.7 Å². The van der Waals surface area contributed by atoms with E-state index in [1.54, 1.807) is 21.8 Å². The van der Waals surface area contributed by atoms with Crippen LogP contribution in [0.5, 0.6) is 0 Å². The summed E-state index contributed by atoms with van der Waals surface area (Å²) in [5.74, 6) is 1.47. The Balaban J connectivity index is 0.757. The Morgan fingerprint density at radius 1 is 0.226 bits per heavy atom. The summed E-state index contributed by atoms with van der Waals surface area (Å²) in [5, 5.41) is 0. The highest BCUT2D eigenvalue weighted by Gasteiger charge is 2.26. The smallest absolute Gasteiger partial charge is 0.160 e. The van der Waals surface area contributed by atoms with Crippen molar-refractivity contribution in [1.82, 2.24) is 0 Å². The minimum Gasteiger partial charge on any atom is -0.297 e. The van der Waals surface area contributed by atoms with Crippen molar-refractivity contribution in [3.63, 3.8) is 0 Å². The van der Waals surface area contributed by atoms with E-state index in [4.69, 9.17) is 0 Å². The topological polar surface area (TPSA) is 17.1 Å². The Bertz CT molecular complexity index is 4630. The molecule has 0 aliphatic heterocycles. The lowest BCUT2D eigenvalue weighted by Gasteiger charge is -2.05. The number of aryl methyl sites for hydroxylation is 7. The van der Waals surface area contributed by atoms with Gasteiger partial charge >= 0.3 is 0 Å². The van der Waals surface area contributed by atoms with Crippen LogP contribution >= 0.6 is 136 Å². The normalized spacial score (nSPS) is 12.8. The number of hydrogen-bond donors (Lipinski definition) is 0. The van der Waals surface area contributed by atoms with Crippen molar-refractivity contribution in [2.75, 3.05) is 0 Å². The number of rotatable bonds is 46. The molecule has 12 heterocycles. The molecule has 1 aliphatic rings. The van der Waals surface area contributed by atoms with Crippen molar-refractivity contribution >= 4 is 142 Å². The van der Waals surface area contributed by atoms with E-state index in [2.05, 4.69) is 210 Å². The molecule has 0 saturated heterocycles. The Kier molecular flexibility index (Phi) is 31.0. The fourth-order valence-corrected chi connectivity index (χ4v) is 29.2. The summed E-state index contributed by atoms with van der Waals surface area (Å²) in [6.07, 6.45) is 50.5. The molecule has 1 aliphatic carbocycles. The molecule has 0 atom stereocenters. The van der Waals surface area contributed by atoms with Crippen molar-refractivity contribution in [3.8, 4) is 107 Å². The zero-order valence-corrected chi connectivity index (χ0v) is 73.2. The molecule has 13 heteroatoms. The first-order valence-electron chi connectivity index (χ1n) is 40.2. The van der Waals surface area contributed by atoms with E-state index in [0.29, 0.717) is 0 Å². The van der Waals surface area contributed by atoms with Crippen LogP contribution < -0.4 is 0 Å². The van der Waals surface area contributed by atoms with E-state index in [9.17, 15) is 4.79 Å². The molecule has 0 N–H and O–H groups in total. The van der Waals surface area contributed by atoms with Crippen LogP contribution in [0.2, 0.25) is 0 Å². The molecule has 1 nitrogen and oxygen atoms in total. The molecular weight excluding hydrogens is 1520 g/mol. The van der Waals surface area contributed by atoms with Crippen LogP contribution in [0.15, 0.2) is 109 Å². The lowest BCUT2D eigenvalue weighted by atomic mass is 10.00. The second-order valence-corrected chi connectivity index (χ2v) is 42.0. The Morgan fingerprint density at radius 3 is 0.764 bits per heavy atom. The van der Waals surface area contributed by atoms with Gasteiger partial charge in [-0.15, -0.1) is 136 Å². The van der Waals surface area contributed by atoms with Crippen LogP contribution in [0.4, 0.5) is 0 Å². The van der Waals surface area contributed by atoms with Crippen LogP contribution in [0, 0.1) is 31.6 Å². The van der Waals surface area contributed by atoms with E-state index in [1.165, 1.54) is 308 Å². The summed E-state index contributed by atoms with van der Waals surface area (Å²) >= 11 is 23.8. The Morgan fingerprint density at radius 2 is 0.481 bits per heavy atom. The summed E-state index contributed by atoms with van der Waals surface area (Å²) in [7, 11) is 0. The maximum Gasteiger partial charge on any atom is 0.160 e. The summed E-state index contributed by atoms with van der Waals surface area (Å²) in [5.41, 5.74) is 9.01. The van der Waals surface area contributed by atoms with E-state index in [0.717, 1.165) is 56.1 Å². The fraction of sp³-hybridized carbons (Fsp3) is 0.419. The molecule has 0 unspecified atom stereocenters. The summed E-state index contributed by atoms with van der Waals surface area (Å²) in [6.45, 7) is 13.9. The van der Waals surface area contributed by atoms with Gasteiger partial charge in [0.1, 0.15) is 0 Å². The van der Waals surface area contributed by atoms with Gasteiger partial charge in [0.15, 0.2) is 6.29 Å². The molecule has 0 bridgehead atoms. The monoisotopic (exact) mass is 1620 g/mol. The van der Waals surface area contributed by atoms with E-state index < -0.39 is 0 Å². The third kappa shape index (κ3) is 20.8. The van der Waals surface area contributed by atoms with Crippen LogP contribution in [0.25, 0.3) is 107 Å². The second-order valence-electron chi connectivity index (χ2n) is 29.0. The van der Waals surface area contributed by atoms with Crippen molar-refractivity contribution in [3.05, 3.63) is 184 Å². The van der Waals surface area contributed by atoms with E-state index >= 15 is 0 Å². The number of thiophene rings is 12. The first-order chi connectivity index (χ1) is 52.2. The molecule has 1 fully saturated rings. The largest absolute Gasteiger partial charge is 0.297 e. The maximum absolute atomic E-state index is 12.0. The third-order valence-corrected chi connectivity index (χ3v) is 36.3. The summed E-state index contributed by atoms with van der Waals surface area (Å²) in [6, 6.07) is 44.0. The maximum atomic E-state index is 12.0. The summed E-state index contributed by atoms with van der Waals surface area (Å²) in [4.78, 5) is 45.4. The number of carbonyl (C=O) groups excluding carboxylic acids is 1. The number of carbonyl (C=O) groups is 1. The SMILES string of the molecule is CCCCCCc1cc(C=O)sc1-c1ccc(-c2ccc(-c3sc(-c4cc(CCCCCC)c(-c5ccc(-c6ccc(-c7sc(-c8cc(CCCCCC)c(-c9ccc(-c%10ccc(-c%11sc(CCC[C]%12[CH][CH][CH][CH]%12)cc%11CCCCCC)s%10)s9)s8)cc7CCCCCC)s6)s5)s4)cc3CCCCCC)s2)s1. The molecule has 12 aromatic heterocycles. The predicted octanol–water partition coefficient (Wildman–Crippen LogP) is 35.0. The van der Waals surface area contributed by atoms with Gasteiger partial charge < -0.3 is 0 Å². The van der Waals surface area contributed by atoms with Gasteiger partial charge in [-0.05, 0) is 270 Å². The summed E-state index contributed by atoms with van der Waals surface area (Å²) < 4.78 is 0. The predicted molar refractivity (Wildman–Crippen MR) is 487 cm³/mol. The Hall–Kier alpha value is -3.93. The molecular formula is C93H107OS12. The van der Waals surface area contributed by atoms with Crippen LogP contribution in [-0.4, -0.2) is 6.29 Å². The van der Waals surface area contributed by atoms with Crippen molar-refractivity contribution in [2.45, 2.75) is 253 Å². The average molecular weight is 1630 g/mol. The van der Waals surface area contributed by atoms with Crippen molar-refractivity contribution < 1.29 is 4.79 Å². The van der Waals surface area contributed by atoms with Gasteiger partial charge in [0.05, 0.1) is 4.88 Å². The minimum absolute atomic E-state index is 0.840. The molecule has 0 amide bonds. The zero-order valence-electron chi connectivity index (χ0n) is 63.4. The van der Waals surface area contributed by atoms with Gasteiger partial charge in [0.25, 0.3) is 0 Å². The minimum atomic E-state index is 0.840.